The van der Waals surface area contributed by atoms with Gasteiger partial charge in [-0.25, -0.2) is 9.67 Å². The lowest BCUT2D eigenvalue weighted by molar-refractivity contribution is 0.909. The molecule has 11 rings (SSSR count). The van der Waals surface area contributed by atoms with Crippen LogP contribution in [0.4, 0.5) is 0 Å². The lowest BCUT2D eigenvalue weighted by Gasteiger charge is -2.11. The van der Waals surface area contributed by atoms with Crippen molar-refractivity contribution in [2.45, 2.75) is 0 Å². The molecule has 0 fully saturated rings. The van der Waals surface area contributed by atoms with Crippen LogP contribution in [0.15, 0.2) is 176 Å². The van der Waals surface area contributed by atoms with Gasteiger partial charge in [0.25, 0.3) is 0 Å². The van der Waals surface area contributed by atoms with E-state index < -0.39 is 0 Å². The van der Waals surface area contributed by atoms with E-state index in [0.717, 1.165) is 60.7 Å². The molecule has 0 aliphatic carbocycles. The van der Waals surface area contributed by atoms with Crippen molar-refractivity contribution in [2.24, 2.45) is 0 Å². The standard InChI is InChI=1S/C46H29N7/c1-4-14-30(15-5-1)44-48-45(31-16-6-2-7-17-31)50-46(49-44)52-40-23-13-10-20-34(40)36-25-24-33(28-42(36)52)53-41-27-26-37-35-21-11-12-22-39(35)51(32-18-8-3-9-19-32)43(37)38(41)29-47-53/h1-29H. The summed E-state index contributed by atoms with van der Waals surface area (Å²) in [7, 11) is 0. The second-order valence-corrected chi connectivity index (χ2v) is 13.2. The van der Waals surface area contributed by atoms with Gasteiger partial charge < -0.3 is 4.57 Å². The van der Waals surface area contributed by atoms with E-state index in [4.69, 9.17) is 20.1 Å². The molecule has 0 atom stereocenters. The molecule has 0 saturated heterocycles. The van der Waals surface area contributed by atoms with Gasteiger partial charge in [0.15, 0.2) is 11.6 Å². The minimum Gasteiger partial charge on any atom is -0.309 e. The SMILES string of the molecule is c1ccc(-c2nc(-c3ccccc3)nc(-n3c4ccccc4c4ccc(-n5ncc6c5ccc5c7ccccc7n(-c7ccccc7)c56)cc43)n2)cc1. The predicted octanol–water partition coefficient (Wildman–Crippen LogP) is 10.7. The first-order valence-corrected chi connectivity index (χ1v) is 17.7. The molecule has 248 valence electrons. The molecule has 0 N–H and O–H groups in total. The van der Waals surface area contributed by atoms with Gasteiger partial charge in [-0.1, -0.05) is 121 Å². The molecule has 0 aliphatic heterocycles. The molecule has 11 aromatic rings. The molecule has 0 spiro atoms. The number of hydrogen-bond acceptors (Lipinski definition) is 4. The quantitative estimate of drug-likeness (QED) is 0.182. The number of nitrogens with zero attached hydrogens (tertiary/aromatic N) is 7. The number of aromatic nitrogens is 7. The second-order valence-electron chi connectivity index (χ2n) is 13.2. The zero-order valence-corrected chi connectivity index (χ0v) is 28.4. The zero-order valence-electron chi connectivity index (χ0n) is 28.4. The van der Waals surface area contributed by atoms with Crippen LogP contribution in [0.3, 0.4) is 0 Å². The van der Waals surface area contributed by atoms with E-state index in [9.17, 15) is 0 Å². The van der Waals surface area contributed by atoms with Gasteiger partial charge >= 0.3 is 0 Å². The highest BCUT2D eigenvalue weighted by Crippen LogP contribution is 2.38. The van der Waals surface area contributed by atoms with Crippen LogP contribution in [0.1, 0.15) is 0 Å². The van der Waals surface area contributed by atoms with Crippen molar-refractivity contribution in [3.63, 3.8) is 0 Å². The smallest absolute Gasteiger partial charge is 0.238 e. The van der Waals surface area contributed by atoms with E-state index in [1.54, 1.807) is 0 Å². The summed E-state index contributed by atoms with van der Waals surface area (Å²) in [5, 5.41) is 10.8. The molecule has 7 nitrogen and oxygen atoms in total. The summed E-state index contributed by atoms with van der Waals surface area (Å²) in [6.45, 7) is 0. The Morgan fingerprint density at radius 2 is 0.906 bits per heavy atom. The first-order valence-electron chi connectivity index (χ1n) is 17.7. The molecular formula is C46H29N7. The number of fused-ring (bicyclic) bond motifs is 8. The summed E-state index contributed by atoms with van der Waals surface area (Å²) in [6.07, 6.45) is 2.00. The molecular weight excluding hydrogens is 651 g/mol. The molecule has 0 radical (unpaired) electrons. The minimum absolute atomic E-state index is 0.556. The number of rotatable bonds is 5. The van der Waals surface area contributed by atoms with Crippen molar-refractivity contribution in [3.05, 3.63) is 176 Å². The highest BCUT2D eigenvalue weighted by molar-refractivity contribution is 6.18. The maximum Gasteiger partial charge on any atom is 0.238 e. The van der Waals surface area contributed by atoms with Gasteiger partial charge in [0.2, 0.25) is 5.95 Å². The number of hydrogen-bond donors (Lipinski definition) is 0. The fraction of sp³-hybridized carbons (Fsp3) is 0. The number of benzene rings is 7. The third kappa shape index (κ3) is 4.54. The summed E-state index contributed by atoms with van der Waals surface area (Å²) in [4.78, 5) is 15.2. The normalized spacial score (nSPS) is 11.8. The third-order valence-corrected chi connectivity index (χ3v) is 10.2. The van der Waals surface area contributed by atoms with Crippen LogP contribution in [-0.4, -0.2) is 33.9 Å². The van der Waals surface area contributed by atoms with Crippen LogP contribution in [0.2, 0.25) is 0 Å². The Balaban J connectivity index is 1.16. The average molecular weight is 680 g/mol. The van der Waals surface area contributed by atoms with Crippen LogP contribution in [0, 0.1) is 0 Å². The fourth-order valence-electron chi connectivity index (χ4n) is 7.82. The first kappa shape index (κ1) is 29.4. The van der Waals surface area contributed by atoms with Gasteiger partial charge in [-0.15, -0.1) is 0 Å². The van der Waals surface area contributed by atoms with Gasteiger partial charge in [0.05, 0.1) is 39.5 Å². The first-order chi connectivity index (χ1) is 26.3. The van der Waals surface area contributed by atoms with Crippen molar-refractivity contribution in [3.8, 4) is 40.1 Å². The van der Waals surface area contributed by atoms with Crippen molar-refractivity contribution in [1.82, 2.24) is 33.9 Å². The van der Waals surface area contributed by atoms with Crippen LogP contribution >= 0.6 is 0 Å². The molecule has 0 saturated carbocycles. The van der Waals surface area contributed by atoms with Crippen LogP contribution in [0.25, 0.3) is 94.6 Å². The van der Waals surface area contributed by atoms with E-state index in [2.05, 4.69) is 118 Å². The molecule has 4 aromatic heterocycles. The lowest BCUT2D eigenvalue weighted by atomic mass is 10.1. The monoisotopic (exact) mass is 679 g/mol. The molecule has 0 amide bonds. The van der Waals surface area contributed by atoms with Crippen molar-refractivity contribution >= 4 is 54.5 Å². The second kappa shape index (κ2) is 11.6. The van der Waals surface area contributed by atoms with Crippen molar-refractivity contribution in [1.29, 1.82) is 0 Å². The average Bonchev–Trinajstić information content (AvgIpc) is 3.92. The maximum atomic E-state index is 5.12. The molecule has 7 aromatic carbocycles. The Labute approximate surface area is 303 Å². The summed E-state index contributed by atoms with van der Waals surface area (Å²) >= 11 is 0. The summed E-state index contributed by atoms with van der Waals surface area (Å²) in [5.41, 5.74) is 9.25. The summed E-state index contributed by atoms with van der Waals surface area (Å²) < 4.78 is 6.56. The Morgan fingerprint density at radius 1 is 0.358 bits per heavy atom. The minimum atomic E-state index is 0.556. The molecule has 0 bridgehead atoms. The van der Waals surface area contributed by atoms with E-state index in [0.29, 0.717) is 17.6 Å². The lowest BCUT2D eigenvalue weighted by Crippen LogP contribution is -2.06. The molecule has 0 unspecified atom stereocenters. The van der Waals surface area contributed by atoms with E-state index >= 15 is 0 Å². The Kier molecular flexibility index (Phi) is 6.42. The highest BCUT2D eigenvalue weighted by Gasteiger charge is 2.21. The van der Waals surface area contributed by atoms with Crippen molar-refractivity contribution in [2.75, 3.05) is 0 Å². The third-order valence-electron chi connectivity index (χ3n) is 10.2. The summed E-state index contributed by atoms with van der Waals surface area (Å²) in [5.74, 6) is 1.79. The van der Waals surface area contributed by atoms with Gasteiger partial charge in [-0.3, -0.25) is 4.57 Å². The Morgan fingerprint density at radius 3 is 1.58 bits per heavy atom. The maximum absolute atomic E-state index is 5.12. The highest BCUT2D eigenvalue weighted by atomic mass is 15.3. The van der Waals surface area contributed by atoms with Crippen LogP contribution in [0.5, 0.6) is 0 Å². The Bertz CT molecular complexity index is 3100. The van der Waals surface area contributed by atoms with E-state index in [1.807, 2.05) is 71.5 Å². The van der Waals surface area contributed by atoms with Crippen LogP contribution < -0.4 is 0 Å². The largest absolute Gasteiger partial charge is 0.309 e. The zero-order chi connectivity index (χ0) is 34.9. The molecule has 4 heterocycles. The van der Waals surface area contributed by atoms with E-state index in [-0.39, 0.29) is 0 Å². The molecule has 53 heavy (non-hydrogen) atoms. The molecule has 7 heteroatoms. The molecule has 0 aliphatic rings. The van der Waals surface area contributed by atoms with E-state index in [1.165, 1.54) is 16.3 Å². The van der Waals surface area contributed by atoms with Crippen molar-refractivity contribution < 1.29 is 0 Å². The Hall–Kier alpha value is -7.38. The predicted molar refractivity (Wildman–Crippen MR) is 214 cm³/mol. The summed E-state index contributed by atoms with van der Waals surface area (Å²) in [6, 6.07) is 58.8. The van der Waals surface area contributed by atoms with Gasteiger partial charge in [0.1, 0.15) is 0 Å². The van der Waals surface area contributed by atoms with Gasteiger partial charge in [-0.05, 0) is 48.5 Å². The van der Waals surface area contributed by atoms with Gasteiger partial charge in [0, 0.05) is 43.7 Å². The number of para-hydroxylation sites is 3. The topological polar surface area (TPSA) is 66.3 Å². The fourth-order valence-corrected chi connectivity index (χ4v) is 7.82. The van der Waals surface area contributed by atoms with Crippen LogP contribution in [-0.2, 0) is 0 Å². The van der Waals surface area contributed by atoms with Gasteiger partial charge in [-0.2, -0.15) is 15.1 Å².